The summed E-state index contributed by atoms with van der Waals surface area (Å²) < 4.78 is 0. The Hall–Kier alpha value is -2.04. The summed E-state index contributed by atoms with van der Waals surface area (Å²) in [5, 5.41) is 3.88. The smallest absolute Gasteiger partial charge is 0.242 e. The van der Waals surface area contributed by atoms with Gasteiger partial charge >= 0.3 is 0 Å². The molecule has 0 fully saturated rings. The Morgan fingerprint density at radius 1 is 1.11 bits per heavy atom. The molecule has 2 aromatic carbocycles. The first-order valence-electron chi connectivity index (χ1n) is 9.47. The van der Waals surface area contributed by atoms with Crippen molar-refractivity contribution in [2.24, 2.45) is 0 Å². The van der Waals surface area contributed by atoms with E-state index in [4.69, 9.17) is 23.2 Å². The van der Waals surface area contributed by atoms with E-state index in [1.807, 2.05) is 30.3 Å². The third-order valence-electron chi connectivity index (χ3n) is 4.55. The highest BCUT2D eigenvalue weighted by atomic mass is 35.5. The minimum Gasteiger partial charge on any atom is -0.354 e. The van der Waals surface area contributed by atoms with Crippen molar-refractivity contribution in [1.82, 2.24) is 10.2 Å². The van der Waals surface area contributed by atoms with E-state index in [1.54, 1.807) is 30.0 Å². The number of nitrogens with one attached hydrogen (secondary N) is 1. The summed E-state index contributed by atoms with van der Waals surface area (Å²) in [6, 6.07) is 14.1. The molecule has 0 aliphatic heterocycles. The molecular formula is C22H26Cl2N2O2. The van der Waals surface area contributed by atoms with E-state index in [9.17, 15) is 9.59 Å². The maximum atomic E-state index is 13.1. The topological polar surface area (TPSA) is 49.4 Å². The number of rotatable bonds is 9. The summed E-state index contributed by atoms with van der Waals surface area (Å²) in [6.45, 7) is 4.78. The van der Waals surface area contributed by atoms with Gasteiger partial charge in [0.05, 0.1) is 6.42 Å². The van der Waals surface area contributed by atoms with Gasteiger partial charge in [0.1, 0.15) is 6.04 Å². The number of carbonyl (C=O) groups is 2. The lowest BCUT2D eigenvalue weighted by molar-refractivity contribution is -0.140. The quantitative estimate of drug-likeness (QED) is 0.588. The van der Waals surface area contributed by atoms with Gasteiger partial charge in [0, 0.05) is 23.1 Å². The Morgan fingerprint density at radius 3 is 2.46 bits per heavy atom. The second kappa shape index (κ2) is 11.1. The van der Waals surface area contributed by atoms with Crippen LogP contribution >= 0.6 is 23.2 Å². The molecule has 4 nitrogen and oxygen atoms in total. The first kappa shape index (κ1) is 22.3. The highest BCUT2D eigenvalue weighted by molar-refractivity contribution is 6.35. The molecule has 2 amide bonds. The molecule has 0 bridgehead atoms. The molecule has 0 aliphatic carbocycles. The van der Waals surface area contributed by atoms with Crippen molar-refractivity contribution >= 4 is 35.0 Å². The lowest BCUT2D eigenvalue weighted by atomic mass is 10.1. The van der Waals surface area contributed by atoms with Crippen LogP contribution < -0.4 is 5.32 Å². The summed E-state index contributed by atoms with van der Waals surface area (Å²) in [4.78, 5) is 27.3. The molecule has 0 saturated heterocycles. The molecule has 2 aromatic rings. The van der Waals surface area contributed by atoms with Gasteiger partial charge in [0.2, 0.25) is 11.8 Å². The summed E-state index contributed by atoms with van der Waals surface area (Å²) in [6.07, 6.45) is 2.01. The number of halogens is 2. The van der Waals surface area contributed by atoms with Crippen LogP contribution in [0.15, 0.2) is 48.5 Å². The number of nitrogens with zero attached hydrogens (tertiary/aromatic N) is 1. The minimum absolute atomic E-state index is 0.107. The standard InChI is InChI=1S/C22H26Cl2N2O2/c1-3-4-12-25-22(28)16(2)26(15-17-8-6-5-7-9-17)21(27)13-18-10-11-19(23)14-20(18)24/h5-11,14,16H,3-4,12-13,15H2,1-2H3,(H,25,28)/t16-/m1/s1. The molecule has 0 aromatic heterocycles. The van der Waals surface area contributed by atoms with Gasteiger partial charge in [-0.2, -0.15) is 0 Å². The Kier molecular flexibility index (Phi) is 8.81. The number of amides is 2. The molecule has 0 aliphatic rings. The van der Waals surface area contributed by atoms with E-state index in [-0.39, 0.29) is 18.2 Å². The van der Waals surface area contributed by atoms with Crippen molar-refractivity contribution in [3.63, 3.8) is 0 Å². The number of benzene rings is 2. The molecule has 150 valence electrons. The second-order valence-corrected chi connectivity index (χ2v) is 7.58. The Morgan fingerprint density at radius 2 is 1.82 bits per heavy atom. The highest BCUT2D eigenvalue weighted by Crippen LogP contribution is 2.22. The van der Waals surface area contributed by atoms with Gasteiger partial charge in [-0.15, -0.1) is 0 Å². The van der Waals surface area contributed by atoms with Gasteiger partial charge in [-0.05, 0) is 36.6 Å². The molecule has 6 heteroatoms. The summed E-state index contributed by atoms with van der Waals surface area (Å²) in [5.41, 5.74) is 1.65. The van der Waals surface area contributed by atoms with E-state index >= 15 is 0 Å². The van der Waals surface area contributed by atoms with Crippen LogP contribution in [-0.4, -0.2) is 29.3 Å². The summed E-state index contributed by atoms with van der Waals surface area (Å²) in [5.74, 6) is -0.314. The molecule has 2 rings (SSSR count). The van der Waals surface area contributed by atoms with Crippen LogP contribution in [0.1, 0.15) is 37.8 Å². The van der Waals surface area contributed by atoms with Gasteiger partial charge in [-0.3, -0.25) is 9.59 Å². The fourth-order valence-electron chi connectivity index (χ4n) is 2.83. The van der Waals surface area contributed by atoms with Crippen molar-refractivity contribution in [2.75, 3.05) is 6.54 Å². The first-order chi connectivity index (χ1) is 13.4. The van der Waals surface area contributed by atoms with Crippen LogP contribution in [0, 0.1) is 0 Å². The third-order valence-corrected chi connectivity index (χ3v) is 5.14. The van der Waals surface area contributed by atoms with Crippen molar-refractivity contribution in [1.29, 1.82) is 0 Å². The lowest BCUT2D eigenvalue weighted by Crippen LogP contribution is -2.48. The number of hydrogen-bond donors (Lipinski definition) is 1. The maximum absolute atomic E-state index is 13.1. The number of unbranched alkanes of at least 4 members (excludes halogenated alkanes) is 1. The van der Waals surface area contributed by atoms with Crippen LogP contribution in [0.3, 0.4) is 0 Å². The lowest BCUT2D eigenvalue weighted by Gasteiger charge is -2.29. The second-order valence-electron chi connectivity index (χ2n) is 6.74. The third kappa shape index (κ3) is 6.54. The van der Waals surface area contributed by atoms with Crippen LogP contribution in [0.5, 0.6) is 0 Å². The molecule has 28 heavy (non-hydrogen) atoms. The van der Waals surface area contributed by atoms with Gasteiger partial charge in [0.15, 0.2) is 0 Å². The van der Waals surface area contributed by atoms with E-state index in [0.717, 1.165) is 18.4 Å². The monoisotopic (exact) mass is 420 g/mol. The van der Waals surface area contributed by atoms with Gasteiger partial charge in [0.25, 0.3) is 0 Å². The zero-order chi connectivity index (χ0) is 20.5. The molecule has 0 unspecified atom stereocenters. The zero-order valence-electron chi connectivity index (χ0n) is 16.3. The number of hydrogen-bond acceptors (Lipinski definition) is 2. The average Bonchev–Trinajstić information content (AvgIpc) is 2.68. The van der Waals surface area contributed by atoms with Gasteiger partial charge < -0.3 is 10.2 Å². The molecule has 0 saturated carbocycles. The Labute approximate surface area is 176 Å². The summed E-state index contributed by atoms with van der Waals surface area (Å²) in [7, 11) is 0. The minimum atomic E-state index is -0.587. The van der Waals surface area contributed by atoms with Crippen molar-refractivity contribution in [3.05, 3.63) is 69.7 Å². The van der Waals surface area contributed by atoms with E-state index in [0.29, 0.717) is 28.7 Å². The van der Waals surface area contributed by atoms with Crippen molar-refractivity contribution in [3.8, 4) is 0 Å². The Balaban J connectivity index is 2.18. The predicted molar refractivity (Wildman–Crippen MR) is 115 cm³/mol. The molecular weight excluding hydrogens is 395 g/mol. The molecule has 0 spiro atoms. The SMILES string of the molecule is CCCCNC(=O)[C@@H](C)N(Cc1ccccc1)C(=O)Cc1ccc(Cl)cc1Cl. The van der Waals surface area contributed by atoms with Crippen LogP contribution in [-0.2, 0) is 22.6 Å². The Bertz CT molecular complexity index is 796. The first-order valence-corrected chi connectivity index (χ1v) is 10.2. The van der Waals surface area contributed by atoms with Crippen LogP contribution in [0.25, 0.3) is 0 Å². The molecule has 0 radical (unpaired) electrons. The van der Waals surface area contributed by atoms with E-state index < -0.39 is 6.04 Å². The van der Waals surface area contributed by atoms with Crippen LogP contribution in [0.4, 0.5) is 0 Å². The molecule has 1 atom stereocenters. The highest BCUT2D eigenvalue weighted by Gasteiger charge is 2.26. The predicted octanol–water partition coefficient (Wildman–Crippen LogP) is 4.87. The molecule has 1 N–H and O–H groups in total. The van der Waals surface area contributed by atoms with Gasteiger partial charge in [-0.1, -0.05) is 72.9 Å². The van der Waals surface area contributed by atoms with Crippen molar-refractivity contribution < 1.29 is 9.59 Å². The molecule has 0 heterocycles. The van der Waals surface area contributed by atoms with E-state index in [2.05, 4.69) is 12.2 Å². The zero-order valence-corrected chi connectivity index (χ0v) is 17.8. The fourth-order valence-corrected chi connectivity index (χ4v) is 3.30. The van der Waals surface area contributed by atoms with E-state index in [1.165, 1.54) is 0 Å². The summed E-state index contributed by atoms with van der Waals surface area (Å²) >= 11 is 12.2. The maximum Gasteiger partial charge on any atom is 0.242 e. The van der Waals surface area contributed by atoms with Crippen molar-refractivity contribution in [2.45, 2.75) is 45.7 Å². The van der Waals surface area contributed by atoms with Crippen LogP contribution in [0.2, 0.25) is 10.0 Å². The van der Waals surface area contributed by atoms with Gasteiger partial charge in [-0.25, -0.2) is 0 Å². The normalized spacial score (nSPS) is 11.7. The number of carbonyl (C=O) groups excluding carboxylic acids is 2. The average molecular weight is 421 g/mol. The largest absolute Gasteiger partial charge is 0.354 e. The fraction of sp³-hybridized carbons (Fsp3) is 0.364.